The summed E-state index contributed by atoms with van der Waals surface area (Å²) in [5.74, 6) is -0.640. The van der Waals surface area contributed by atoms with Gasteiger partial charge in [-0.25, -0.2) is 12.4 Å². The van der Waals surface area contributed by atoms with Crippen molar-refractivity contribution in [3.8, 4) is 6.07 Å². The Morgan fingerprint density at radius 3 is 2.41 bits per heavy atom. The van der Waals surface area contributed by atoms with Gasteiger partial charge in [0.1, 0.15) is 17.3 Å². The van der Waals surface area contributed by atoms with Crippen molar-refractivity contribution in [3.63, 3.8) is 0 Å². The second-order valence-corrected chi connectivity index (χ2v) is 8.55. The Bertz CT molecular complexity index is 1250. The largest absolute Gasteiger partial charge is 0.382 e. The third kappa shape index (κ3) is 3.67. The topological polar surface area (TPSA) is 83.2 Å². The number of aromatic nitrogens is 1. The van der Waals surface area contributed by atoms with Crippen molar-refractivity contribution in [2.24, 2.45) is 0 Å². The van der Waals surface area contributed by atoms with Crippen LogP contribution in [0.4, 0.5) is 0 Å². The van der Waals surface area contributed by atoms with E-state index in [4.69, 9.17) is 0 Å². The van der Waals surface area contributed by atoms with Crippen LogP contribution in [0.25, 0.3) is 10.9 Å². The fourth-order valence-electron chi connectivity index (χ4n) is 3.23. The third-order valence-electron chi connectivity index (χ3n) is 4.54. The van der Waals surface area contributed by atoms with E-state index in [9.17, 15) is 18.5 Å². The average Bonchev–Trinajstić information content (AvgIpc) is 3.12. The van der Waals surface area contributed by atoms with Gasteiger partial charge in [-0.3, -0.25) is 4.79 Å². The molecule has 0 N–H and O–H groups in total. The van der Waals surface area contributed by atoms with Gasteiger partial charge in [-0.15, -0.1) is 0 Å². The molecular formula is C22H21N3O3S. The molecule has 1 heterocycles. The number of rotatable bonds is 6. The van der Waals surface area contributed by atoms with E-state index in [1.165, 1.54) is 18.3 Å². The molecule has 0 atom stereocenters. The lowest BCUT2D eigenvalue weighted by atomic mass is 10.1. The highest BCUT2D eigenvalue weighted by Crippen LogP contribution is 2.29. The summed E-state index contributed by atoms with van der Waals surface area (Å²) in [7, 11) is -0.666. The molecule has 0 radical (unpaired) electrons. The van der Waals surface area contributed by atoms with E-state index < -0.39 is 15.8 Å². The number of ketones is 1. The van der Waals surface area contributed by atoms with Crippen molar-refractivity contribution in [2.45, 2.75) is 18.2 Å². The minimum atomic E-state index is -4.05. The number of aryl methyl sites for hydroxylation is 1. The van der Waals surface area contributed by atoms with Gasteiger partial charge in [-0.2, -0.15) is 5.26 Å². The lowest BCUT2D eigenvalue weighted by molar-refractivity contribution is 0.103. The van der Waals surface area contributed by atoms with Gasteiger partial charge in [0.05, 0.1) is 10.4 Å². The van der Waals surface area contributed by atoms with E-state index in [0.29, 0.717) is 17.3 Å². The van der Waals surface area contributed by atoms with Crippen LogP contribution in [-0.4, -0.2) is 37.2 Å². The van der Waals surface area contributed by atoms with Gasteiger partial charge in [-0.1, -0.05) is 37.3 Å². The molecule has 0 aliphatic heterocycles. The predicted octanol–water partition coefficient (Wildman–Crippen LogP) is 3.59. The standard InChI is InChI=1S/C22H21N3O3S/c1-4-16-9-8-12-20-19(16)13-21(22(26)17(14-23)15-24(2)3)25(20)29(27,28)18-10-6-5-7-11-18/h5-13,15H,4H2,1-3H3. The molecule has 6 nitrogen and oxygen atoms in total. The van der Waals surface area contributed by atoms with Gasteiger partial charge < -0.3 is 4.90 Å². The van der Waals surface area contributed by atoms with E-state index in [-0.39, 0.29) is 16.2 Å². The fourth-order valence-corrected chi connectivity index (χ4v) is 4.75. The summed E-state index contributed by atoms with van der Waals surface area (Å²) in [6.07, 6.45) is 2.07. The Labute approximate surface area is 170 Å². The van der Waals surface area contributed by atoms with E-state index in [1.54, 1.807) is 55.4 Å². The van der Waals surface area contributed by atoms with Crippen LogP contribution in [0.2, 0.25) is 0 Å². The van der Waals surface area contributed by atoms with Crippen LogP contribution in [0.1, 0.15) is 23.0 Å². The van der Waals surface area contributed by atoms with E-state index >= 15 is 0 Å². The second-order valence-electron chi connectivity index (χ2n) is 6.76. The molecule has 29 heavy (non-hydrogen) atoms. The Balaban J connectivity index is 2.38. The summed E-state index contributed by atoms with van der Waals surface area (Å²) in [5.41, 5.74) is 1.15. The zero-order valence-corrected chi connectivity index (χ0v) is 17.3. The molecule has 0 fully saturated rings. The maximum absolute atomic E-state index is 13.5. The first kappa shape index (κ1) is 20.4. The number of hydrogen-bond acceptors (Lipinski definition) is 5. The van der Waals surface area contributed by atoms with Crippen molar-refractivity contribution in [1.29, 1.82) is 5.26 Å². The van der Waals surface area contributed by atoms with Crippen molar-refractivity contribution < 1.29 is 13.2 Å². The van der Waals surface area contributed by atoms with E-state index in [1.807, 2.05) is 19.1 Å². The molecule has 148 valence electrons. The number of benzene rings is 2. The highest BCUT2D eigenvalue weighted by atomic mass is 32.2. The van der Waals surface area contributed by atoms with Crippen LogP contribution in [0.15, 0.2) is 71.3 Å². The molecule has 3 aromatic rings. The first-order chi connectivity index (χ1) is 13.8. The lowest BCUT2D eigenvalue weighted by Gasteiger charge is -2.12. The monoisotopic (exact) mass is 407 g/mol. The fraction of sp³-hybridized carbons (Fsp3) is 0.182. The molecule has 0 aliphatic rings. The molecular weight excluding hydrogens is 386 g/mol. The van der Waals surface area contributed by atoms with Crippen molar-refractivity contribution in [2.75, 3.05) is 14.1 Å². The van der Waals surface area contributed by atoms with Gasteiger partial charge in [-0.05, 0) is 36.2 Å². The molecule has 0 unspecified atom stereocenters. The summed E-state index contributed by atoms with van der Waals surface area (Å²) < 4.78 is 28.0. The minimum absolute atomic E-state index is 0.0561. The Morgan fingerprint density at radius 2 is 1.83 bits per heavy atom. The number of carbonyl (C=O) groups excluding carboxylic acids is 1. The average molecular weight is 407 g/mol. The Kier molecular flexibility index (Phi) is 5.57. The number of nitriles is 1. The highest BCUT2D eigenvalue weighted by molar-refractivity contribution is 7.90. The van der Waals surface area contributed by atoms with Gasteiger partial charge in [0, 0.05) is 25.7 Å². The van der Waals surface area contributed by atoms with E-state index in [2.05, 4.69) is 0 Å². The molecule has 0 saturated heterocycles. The van der Waals surface area contributed by atoms with E-state index in [0.717, 1.165) is 9.54 Å². The predicted molar refractivity (Wildman–Crippen MR) is 112 cm³/mol. The third-order valence-corrected chi connectivity index (χ3v) is 6.28. The number of allylic oxidation sites excluding steroid dienone is 1. The summed E-state index contributed by atoms with van der Waals surface area (Å²) in [6.45, 7) is 1.96. The normalized spacial score (nSPS) is 12.0. The van der Waals surface area contributed by atoms with Crippen LogP contribution in [-0.2, 0) is 16.4 Å². The number of hydrogen-bond donors (Lipinski definition) is 0. The summed E-state index contributed by atoms with van der Waals surface area (Å²) in [4.78, 5) is 14.8. The van der Waals surface area contributed by atoms with Crippen LogP contribution in [0, 0.1) is 11.3 Å². The molecule has 1 aromatic heterocycles. The van der Waals surface area contributed by atoms with Crippen molar-refractivity contribution in [3.05, 3.63) is 77.6 Å². The van der Waals surface area contributed by atoms with Crippen LogP contribution in [0.3, 0.4) is 0 Å². The Morgan fingerprint density at radius 1 is 1.14 bits per heavy atom. The number of nitrogens with zero attached hydrogens (tertiary/aromatic N) is 3. The molecule has 0 aliphatic carbocycles. The van der Waals surface area contributed by atoms with Crippen molar-refractivity contribution >= 4 is 26.7 Å². The van der Waals surface area contributed by atoms with Gasteiger partial charge in [0.25, 0.3) is 10.0 Å². The SMILES string of the molecule is CCc1cccc2c1cc(C(=O)C(C#N)=CN(C)C)n2S(=O)(=O)c1ccccc1. The molecule has 0 bridgehead atoms. The molecule has 0 spiro atoms. The Hall–Kier alpha value is -3.37. The number of carbonyl (C=O) groups is 1. The quantitative estimate of drug-likeness (QED) is 0.354. The molecule has 2 aromatic carbocycles. The van der Waals surface area contributed by atoms with Crippen molar-refractivity contribution in [1.82, 2.24) is 8.87 Å². The summed E-state index contributed by atoms with van der Waals surface area (Å²) in [5, 5.41) is 10.1. The van der Waals surface area contributed by atoms with Gasteiger partial charge in [0.15, 0.2) is 0 Å². The smallest absolute Gasteiger partial charge is 0.268 e. The molecule has 7 heteroatoms. The number of fused-ring (bicyclic) bond motifs is 1. The van der Waals surface area contributed by atoms with Gasteiger partial charge in [0.2, 0.25) is 5.78 Å². The molecule has 3 rings (SSSR count). The van der Waals surface area contributed by atoms with Crippen LogP contribution in [0.5, 0.6) is 0 Å². The maximum Gasteiger partial charge on any atom is 0.268 e. The van der Waals surface area contributed by atoms with Crippen LogP contribution >= 0.6 is 0 Å². The molecule has 0 saturated carbocycles. The zero-order chi connectivity index (χ0) is 21.2. The second kappa shape index (κ2) is 7.94. The zero-order valence-electron chi connectivity index (χ0n) is 16.5. The first-order valence-corrected chi connectivity index (χ1v) is 10.5. The summed E-state index contributed by atoms with van der Waals surface area (Å²) in [6, 6.07) is 16.8. The first-order valence-electron chi connectivity index (χ1n) is 9.08. The minimum Gasteiger partial charge on any atom is -0.382 e. The lowest BCUT2D eigenvalue weighted by Crippen LogP contribution is -2.20. The van der Waals surface area contributed by atoms with Gasteiger partial charge >= 0.3 is 0 Å². The maximum atomic E-state index is 13.5. The number of Topliss-reactive ketones (excluding diaryl/α,β-unsaturated/α-hetero) is 1. The highest BCUT2D eigenvalue weighted by Gasteiger charge is 2.28. The molecule has 0 amide bonds. The van der Waals surface area contributed by atoms with Crippen LogP contribution < -0.4 is 0 Å². The summed E-state index contributed by atoms with van der Waals surface area (Å²) >= 11 is 0.